The molecule has 66 valence electrons. The van der Waals surface area contributed by atoms with E-state index in [1.807, 2.05) is 0 Å². The molecule has 0 fully saturated rings. The molecule has 0 saturated heterocycles. The van der Waals surface area contributed by atoms with Crippen molar-refractivity contribution in [3.8, 4) is 0 Å². The van der Waals surface area contributed by atoms with Crippen LogP contribution in [-0.2, 0) is 0 Å². The van der Waals surface area contributed by atoms with Gasteiger partial charge in [-0.15, -0.1) is 0 Å². The number of carboxylic acid groups (broad SMARTS) is 1. The summed E-state index contributed by atoms with van der Waals surface area (Å²) in [4.78, 5) is 10.2. The standard InChI is InChI=1S/C5H3BF3O2S/c7-6(8,9)4-3(5(10)11)1-2-12-4/h1-2H,(H,10,11)/q-1. The van der Waals surface area contributed by atoms with Crippen LogP contribution in [0.2, 0.25) is 0 Å². The van der Waals surface area contributed by atoms with Crippen LogP contribution in [0.15, 0.2) is 11.4 Å². The number of carboxylic acids is 1. The molecule has 1 heterocycles. The lowest BCUT2D eigenvalue weighted by Crippen LogP contribution is -2.35. The van der Waals surface area contributed by atoms with Gasteiger partial charge in [0.1, 0.15) is 0 Å². The predicted octanol–water partition coefficient (Wildman–Crippen LogP) is 1.50. The lowest BCUT2D eigenvalue weighted by atomic mass is 9.86. The molecule has 2 nitrogen and oxygen atoms in total. The average Bonchev–Trinajstić information content (AvgIpc) is 2.30. The van der Waals surface area contributed by atoms with E-state index in [0.29, 0.717) is 11.3 Å². The Morgan fingerprint density at radius 2 is 2.08 bits per heavy atom. The monoisotopic (exact) mass is 195 g/mol. The minimum atomic E-state index is -5.19. The molecule has 1 N–H and O–H groups in total. The van der Waals surface area contributed by atoms with E-state index in [-0.39, 0.29) is 0 Å². The molecule has 0 amide bonds. The van der Waals surface area contributed by atoms with E-state index in [0.717, 1.165) is 11.4 Å². The Balaban J connectivity index is 3.17. The van der Waals surface area contributed by atoms with Gasteiger partial charge in [-0.1, -0.05) is 0 Å². The maximum absolute atomic E-state index is 12.1. The van der Waals surface area contributed by atoms with Crippen molar-refractivity contribution in [1.82, 2.24) is 0 Å². The zero-order chi connectivity index (χ0) is 9.35. The van der Waals surface area contributed by atoms with Crippen LogP contribution in [0, 0.1) is 0 Å². The summed E-state index contributed by atoms with van der Waals surface area (Å²) in [5.74, 6) is -1.54. The van der Waals surface area contributed by atoms with Gasteiger partial charge in [-0.2, -0.15) is 11.3 Å². The summed E-state index contributed by atoms with van der Waals surface area (Å²) < 4.78 is 35.2. The normalized spacial score (nSPS) is 11.6. The molecule has 1 rings (SSSR count). The van der Waals surface area contributed by atoms with E-state index in [1.54, 1.807) is 0 Å². The average molecular weight is 195 g/mol. The Kier molecular flexibility index (Phi) is 2.14. The van der Waals surface area contributed by atoms with Crippen molar-refractivity contribution in [2.24, 2.45) is 0 Å². The summed E-state index contributed by atoms with van der Waals surface area (Å²) in [6.07, 6.45) is 0. The van der Waals surface area contributed by atoms with Crippen LogP contribution >= 0.6 is 11.3 Å². The molecular formula is C5H3BF3O2S-. The Bertz CT molecular complexity index is 306. The zero-order valence-corrected chi connectivity index (χ0v) is 6.45. The summed E-state index contributed by atoms with van der Waals surface area (Å²) in [5, 5.41) is 9.45. The molecule has 0 radical (unpaired) electrons. The molecule has 0 unspecified atom stereocenters. The van der Waals surface area contributed by atoms with Crippen molar-refractivity contribution in [2.75, 3.05) is 0 Å². The van der Waals surface area contributed by atoms with E-state index in [1.165, 1.54) is 0 Å². The summed E-state index contributed by atoms with van der Waals surface area (Å²) in [6.45, 7) is -5.19. The number of hydrogen-bond acceptors (Lipinski definition) is 2. The number of hydrogen-bond donors (Lipinski definition) is 1. The third-order valence-corrected chi connectivity index (χ3v) is 2.24. The van der Waals surface area contributed by atoms with E-state index >= 15 is 0 Å². The molecule has 0 aromatic carbocycles. The topological polar surface area (TPSA) is 37.3 Å². The van der Waals surface area contributed by atoms with Gasteiger partial charge < -0.3 is 18.1 Å². The Hall–Kier alpha value is -0.975. The van der Waals surface area contributed by atoms with Gasteiger partial charge in [0, 0.05) is 5.56 Å². The summed E-state index contributed by atoms with van der Waals surface area (Å²) >= 11 is 0.407. The SMILES string of the molecule is O=C(O)c1ccsc1[B-](F)(F)F. The van der Waals surface area contributed by atoms with Crippen LogP contribution in [0.1, 0.15) is 10.4 Å². The lowest BCUT2D eigenvalue weighted by Gasteiger charge is -2.12. The summed E-state index contributed by atoms with van der Waals surface area (Å²) in [6, 6.07) is 0.956. The molecule has 1 aromatic heterocycles. The van der Waals surface area contributed by atoms with E-state index in [4.69, 9.17) is 5.11 Å². The van der Waals surface area contributed by atoms with Crippen LogP contribution < -0.4 is 4.78 Å². The third kappa shape index (κ3) is 1.61. The van der Waals surface area contributed by atoms with Gasteiger partial charge in [-0.3, -0.25) is 0 Å². The molecule has 7 heteroatoms. The highest BCUT2D eigenvalue weighted by molar-refractivity contribution is 7.23. The molecule has 0 aliphatic rings. The summed E-state index contributed by atoms with van der Waals surface area (Å²) in [7, 11) is 0. The van der Waals surface area contributed by atoms with E-state index < -0.39 is 23.3 Å². The van der Waals surface area contributed by atoms with Gasteiger partial charge in [0.2, 0.25) is 0 Å². The summed E-state index contributed by atoms with van der Waals surface area (Å²) in [5.41, 5.74) is -0.660. The van der Waals surface area contributed by atoms with Gasteiger partial charge >= 0.3 is 12.9 Å². The third-order valence-electron chi connectivity index (χ3n) is 1.22. The molecule has 0 aliphatic heterocycles. The van der Waals surface area contributed by atoms with Gasteiger partial charge in [-0.05, 0) is 16.2 Å². The van der Waals surface area contributed by atoms with Crippen LogP contribution in [0.25, 0.3) is 0 Å². The quantitative estimate of drug-likeness (QED) is 0.726. The maximum Gasteiger partial charge on any atom is 0.520 e. The molecule has 0 atom stereocenters. The fourth-order valence-corrected chi connectivity index (χ4v) is 1.54. The Labute approximate surface area is 69.7 Å². The first-order chi connectivity index (χ1) is 5.43. The van der Waals surface area contributed by atoms with Gasteiger partial charge in [0.25, 0.3) is 0 Å². The largest absolute Gasteiger partial charge is 0.520 e. The van der Waals surface area contributed by atoms with Gasteiger partial charge in [0.15, 0.2) is 0 Å². The van der Waals surface area contributed by atoms with E-state index in [9.17, 15) is 17.7 Å². The Morgan fingerprint density at radius 1 is 1.50 bits per heavy atom. The van der Waals surface area contributed by atoms with Crippen molar-refractivity contribution in [3.63, 3.8) is 0 Å². The van der Waals surface area contributed by atoms with Crippen LogP contribution in [0.5, 0.6) is 0 Å². The zero-order valence-electron chi connectivity index (χ0n) is 5.63. The fourth-order valence-electron chi connectivity index (χ4n) is 0.751. The van der Waals surface area contributed by atoms with E-state index in [2.05, 4.69) is 0 Å². The molecule has 12 heavy (non-hydrogen) atoms. The van der Waals surface area contributed by atoms with Crippen LogP contribution in [0.4, 0.5) is 12.9 Å². The minimum Gasteiger partial charge on any atom is -0.478 e. The van der Waals surface area contributed by atoms with Crippen molar-refractivity contribution in [2.45, 2.75) is 0 Å². The molecule has 0 spiro atoms. The molecule has 1 aromatic rings. The van der Waals surface area contributed by atoms with Crippen LogP contribution in [-0.4, -0.2) is 18.1 Å². The number of aromatic carboxylic acids is 1. The van der Waals surface area contributed by atoms with Crippen LogP contribution in [0.3, 0.4) is 0 Å². The lowest BCUT2D eigenvalue weighted by molar-refractivity contribution is 0.0698. The number of rotatable bonds is 2. The minimum absolute atomic E-state index is 0.407. The van der Waals surface area contributed by atoms with Crippen molar-refractivity contribution in [1.29, 1.82) is 0 Å². The van der Waals surface area contributed by atoms with Crippen molar-refractivity contribution >= 4 is 29.1 Å². The highest BCUT2D eigenvalue weighted by Crippen LogP contribution is 2.16. The fraction of sp³-hybridized carbons (Fsp3) is 0. The molecule has 0 bridgehead atoms. The van der Waals surface area contributed by atoms with Crippen molar-refractivity contribution in [3.05, 3.63) is 17.0 Å². The highest BCUT2D eigenvalue weighted by atomic mass is 32.1. The first-order valence-corrected chi connectivity index (χ1v) is 3.81. The predicted molar refractivity (Wildman–Crippen MR) is 40.0 cm³/mol. The second kappa shape index (κ2) is 2.82. The van der Waals surface area contributed by atoms with Gasteiger partial charge in [-0.25, -0.2) is 4.79 Å². The van der Waals surface area contributed by atoms with Gasteiger partial charge in [0.05, 0.1) is 0 Å². The van der Waals surface area contributed by atoms with Crippen molar-refractivity contribution < 1.29 is 22.8 Å². The molecule has 0 aliphatic carbocycles. The first kappa shape index (κ1) is 9.12. The maximum atomic E-state index is 12.1. The number of halogens is 3. The molecule has 0 saturated carbocycles. The number of thiophene rings is 1. The Morgan fingerprint density at radius 3 is 2.42 bits per heavy atom. The first-order valence-electron chi connectivity index (χ1n) is 2.93. The smallest absolute Gasteiger partial charge is 0.478 e. The number of carbonyl (C=O) groups is 1. The second-order valence-electron chi connectivity index (χ2n) is 2.08. The second-order valence-corrected chi connectivity index (χ2v) is 3.03. The molecular weight excluding hydrogens is 192 g/mol. The highest BCUT2D eigenvalue weighted by Gasteiger charge is 2.31.